The Morgan fingerprint density at radius 1 is 1.45 bits per heavy atom. The second-order valence-corrected chi connectivity index (χ2v) is 6.26. The van der Waals surface area contributed by atoms with Crippen LogP contribution in [0.15, 0.2) is 18.2 Å². The SMILES string of the molecule is CCN(CC(=O)Nc1cc(Cl)ccc1C)C[C@@H]1CCCCO1. The van der Waals surface area contributed by atoms with Crippen molar-refractivity contribution in [1.29, 1.82) is 0 Å². The number of hydrogen-bond donors (Lipinski definition) is 1. The Bertz CT molecular complexity index is 501. The van der Waals surface area contributed by atoms with Gasteiger partial charge >= 0.3 is 0 Å². The largest absolute Gasteiger partial charge is 0.377 e. The predicted octanol–water partition coefficient (Wildman–Crippen LogP) is 3.48. The average Bonchev–Trinajstić information content (AvgIpc) is 2.51. The van der Waals surface area contributed by atoms with E-state index in [1.807, 2.05) is 19.1 Å². The van der Waals surface area contributed by atoms with Crippen molar-refractivity contribution < 1.29 is 9.53 Å². The molecule has 0 unspecified atom stereocenters. The van der Waals surface area contributed by atoms with Crippen LogP contribution >= 0.6 is 11.6 Å². The molecule has 0 bridgehead atoms. The first kappa shape index (κ1) is 17.3. The molecule has 22 heavy (non-hydrogen) atoms. The summed E-state index contributed by atoms with van der Waals surface area (Å²) in [4.78, 5) is 14.4. The van der Waals surface area contributed by atoms with E-state index in [0.717, 1.165) is 43.8 Å². The van der Waals surface area contributed by atoms with Crippen molar-refractivity contribution in [3.8, 4) is 0 Å². The fraction of sp³-hybridized carbons (Fsp3) is 0.588. The van der Waals surface area contributed by atoms with Gasteiger partial charge in [0.1, 0.15) is 0 Å². The number of carbonyl (C=O) groups is 1. The molecule has 0 saturated carbocycles. The Balaban J connectivity index is 1.87. The van der Waals surface area contributed by atoms with Crippen molar-refractivity contribution in [3.63, 3.8) is 0 Å². The zero-order chi connectivity index (χ0) is 15.9. The van der Waals surface area contributed by atoms with Crippen LogP contribution < -0.4 is 5.32 Å². The molecule has 1 aromatic carbocycles. The molecule has 1 fully saturated rings. The Morgan fingerprint density at radius 2 is 2.27 bits per heavy atom. The molecule has 1 amide bonds. The van der Waals surface area contributed by atoms with Crippen LogP contribution in [0.1, 0.15) is 31.7 Å². The molecular formula is C17H25ClN2O2. The van der Waals surface area contributed by atoms with Gasteiger partial charge in [-0.3, -0.25) is 9.69 Å². The number of benzene rings is 1. The molecule has 1 heterocycles. The molecule has 2 rings (SSSR count). The predicted molar refractivity (Wildman–Crippen MR) is 90.5 cm³/mol. The molecule has 122 valence electrons. The summed E-state index contributed by atoms with van der Waals surface area (Å²) in [6.45, 7) is 6.90. The van der Waals surface area contributed by atoms with Gasteiger partial charge < -0.3 is 10.1 Å². The third-order valence-corrected chi connectivity index (χ3v) is 4.26. The number of anilines is 1. The number of rotatable bonds is 6. The lowest BCUT2D eigenvalue weighted by molar-refractivity contribution is -0.117. The summed E-state index contributed by atoms with van der Waals surface area (Å²) < 4.78 is 5.75. The van der Waals surface area contributed by atoms with E-state index in [0.29, 0.717) is 11.6 Å². The number of carbonyl (C=O) groups excluding carboxylic acids is 1. The smallest absolute Gasteiger partial charge is 0.238 e. The molecule has 1 saturated heterocycles. The normalized spacial score (nSPS) is 18.5. The highest BCUT2D eigenvalue weighted by Gasteiger charge is 2.19. The molecule has 1 atom stereocenters. The zero-order valence-corrected chi connectivity index (χ0v) is 14.2. The maximum absolute atomic E-state index is 12.3. The second kappa shape index (κ2) is 8.51. The third-order valence-electron chi connectivity index (χ3n) is 4.02. The van der Waals surface area contributed by atoms with Gasteiger partial charge in [0.05, 0.1) is 12.6 Å². The number of likely N-dealkylation sites (N-methyl/N-ethyl adjacent to an activating group) is 1. The zero-order valence-electron chi connectivity index (χ0n) is 13.4. The number of nitrogens with one attached hydrogen (secondary N) is 1. The Morgan fingerprint density at radius 3 is 2.95 bits per heavy atom. The first-order valence-corrected chi connectivity index (χ1v) is 8.36. The summed E-state index contributed by atoms with van der Waals surface area (Å²) >= 11 is 5.98. The van der Waals surface area contributed by atoms with Crippen molar-refractivity contribution in [3.05, 3.63) is 28.8 Å². The minimum absolute atomic E-state index is 0.0111. The standard InChI is InChI=1S/C17H25ClN2O2/c1-3-20(11-15-6-4-5-9-22-15)12-17(21)19-16-10-14(18)8-7-13(16)2/h7-8,10,15H,3-6,9,11-12H2,1-2H3,(H,19,21)/t15-/m0/s1. The number of amides is 1. The van der Waals surface area contributed by atoms with E-state index in [9.17, 15) is 4.79 Å². The number of halogens is 1. The van der Waals surface area contributed by atoms with Gasteiger partial charge in [-0.15, -0.1) is 0 Å². The van der Waals surface area contributed by atoms with Gasteiger partial charge in [0.25, 0.3) is 0 Å². The molecule has 0 aliphatic carbocycles. The van der Waals surface area contributed by atoms with Gasteiger partial charge in [-0.2, -0.15) is 0 Å². The molecule has 1 aliphatic rings. The molecule has 1 N–H and O–H groups in total. The van der Waals surface area contributed by atoms with Crippen molar-refractivity contribution >= 4 is 23.2 Å². The molecule has 1 aromatic rings. The molecule has 5 heteroatoms. The number of aryl methyl sites for hydroxylation is 1. The Kier molecular flexibility index (Phi) is 6.68. The van der Waals surface area contributed by atoms with Crippen LogP contribution in [0.4, 0.5) is 5.69 Å². The van der Waals surface area contributed by atoms with E-state index >= 15 is 0 Å². The fourth-order valence-corrected chi connectivity index (χ4v) is 2.84. The van der Waals surface area contributed by atoms with Crippen molar-refractivity contribution in [1.82, 2.24) is 4.90 Å². The van der Waals surface area contributed by atoms with Gasteiger partial charge in [-0.25, -0.2) is 0 Å². The lowest BCUT2D eigenvalue weighted by Crippen LogP contribution is -2.40. The molecular weight excluding hydrogens is 300 g/mol. The Hall–Kier alpha value is -1.10. The van der Waals surface area contributed by atoms with Crippen LogP contribution in [0.3, 0.4) is 0 Å². The van der Waals surface area contributed by atoms with Gasteiger partial charge in [0.15, 0.2) is 0 Å². The summed E-state index contributed by atoms with van der Waals surface area (Å²) in [6, 6.07) is 5.52. The summed E-state index contributed by atoms with van der Waals surface area (Å²) in [5, 5.41) is 3.58. The summed E-state index contributed by atoms with van der Waals surface area (Å²) in [5.74, 6) is -0.0111. The minimum Gasteiger partial charge on any atom is -0.377 e. The third kappa shape index (κ3) is 5.27. The summed E-state index contributed by atoms with van der Waals surface area (Å²) in [7, 11) is 0. The van der Waals surface area contributed by atoms with Crippen LogP contribution in [0.5, 0.6) is 0 Å². The van der Waals surface area contributed by atoms with Gasteiger partial charge in [0.2, 0.25) is 5.91 Å². The number of nitrogens with zero attached hydrogens (tertiary/aromatic N) is 1. The highest BCUT2D eigenvalue weighted by atomic mass is 35.5. The first-order valence-electron chi connectivity index (χ1n) is 7.98. The fourth-order valence-electron chi connectivity index (χ4n) is 2.67. The van der Waals surface area contributed by atoms with E-state index in [-0.39, 0.29) is 12.0 Å². The van der Waals surface area contributed by atoms with Crippen LogP contribution in [0.25, 0.3) is 0 Å². The van der Waals surface area contributed by atoms with Crippen molar-refractivity contribution in [2.24, 2.45) is 0 Å². The quantitative estimate of drug-likeness (QED) is 0.871. The molecule has 0 aromatic heterocycles. The molecule has 0 radical (unpaired) electrons. The minimum atomic E-state index is -0.0111. The number of hydrogen-bond acceptors (Lipinski definition) is 3. The van der Waals surface area contributed by atoms with Crippen LogP contribution in [-0.2, 0) is 9.53 Å². The molecule has 0 spiro atoms. The first-order chi connectivity index (χ1) is 10.6. The average molecular weight is 325 g/mol. The topological polar surface area (TPSA) is 41.6 Å². The summed E-state index contributed by atoms with van der Waals surface area (Å²) in [5.41, 5.74) is 1.79. The van der Waals surface area contributed by atoms with E-state index in [2.05, 4.69) is 17.1 Å². The number of ether oxygens (including phenoxy) is 1. The van der Waals surface area contributed by atoms with Crippen molar-refractivity contribution in [2.75, 3.05) is 31.6 Å². The van der Waals surface area contributed by atoms with Crippen LogP contribution in [0.2, 0.25) is 5.02 Å². The maximum Gasteiger partial charge on any atom is 0.238 e. The highest BCUT2D eigenvalue weighted by molar-refractivity contribution is 6.31. The summed E-state index contributed by atoms with van der Waals surface area (Å²) in [6.07, 6.45) is 3.72. The lowest BCUT2D eigenvalue weighted by Gasteiger charge is -2.28. The highest BCUT2D eigenvalue weighted by Crippen LogP contribution is 2.20. The van der Waals surface area contributed by atoms with Crippen LogP contribution in [0, 0.1) is 6.92 Å². The second-order valence-electron chi connectivity index (χ2n) is 5.82. The monoisotopic (exact) mass is 324 g/mol. The van der Waals surface area contributed by atoms with E-state index in [4.69, 9.17) is 16.3 Å². The van der Waals surface area contributed by atoms with Crippen molar-refractivity contribution in [2.45, 2.75) is 39.2 Å². The molecule has 1 aliphatic heterocycles. The Labute approximate surface area is 137 Å². The van der Waals surface area contributed by atoms with Gasteiger partial charge in [-0.05, 0) is 50.4 Å². The van der Waals surface area contributed by atoms with E-state index < -0.39 is 0 Å². The lowest BCUT2D eigenvalue weighted by atomic mass is 10.1. The van der Waals surface area contributed by atoms with E-state index in [1.54, 1.807) is 6.07 Å². The van der Waals surface area contributed by atoms with Crippen LogP contribution in [-0.4, -0.2) is 43.2 Å². The molecule has 4 nitrogen and oxygen atoms in total. The van der Waals surface area contributed by atoms with Gasteiger partial charge in [-0.1, -0.05) is 24.6 Å². The van der Waals surface area contributed by atoms with Gasteiger partial charge in [0, 0.05) is 23.9 Å². The maximum atomic E-state index is 12.3. The van der Waals surface area contributed by atoms with E-state index in [1.165, 1.54) is 6.42 Å².